The Kier molecular flexibility index (Phi) is 4.26. The lowest BCUT2D eigenvalue weighted by atomic mass is 10.2. The second kappa shape index (κ2) is 5.73. The summed E-state index contributed by atoms with van der Waals surface area (Å²) < 4.78 is 54.2. The average Bonchev–Trinajstić information content (AvgIpc) is 2.76. The van der Waals surface area contributed by atoms with Crippen LogP contribution in [0.4, 0.5) is 8.78 Å². The Morgan fingerprint density at radius 2 is 2.28 bits per heavy atom. The van der Waals surface area contributed by atoms with Gasteiger partial charge in [-0.15, -0.1) is 0 Å². The number of halogens is 2. The van der Waals surface area contributed by atoms with E-state index in [4.69, 9.17) is 4.74 Å². The van der Waals surface area contributed by atoms with Gasteiger partial charge in [0.05, 0.1) is 6.04 Å². The van der Waals surface area contributed by atoms with Gasteiger partial charge in [0.25, 0.3) is 0 Å². The minimum Gasteiger partial charge on any atom is -0.760 e. The third-order valence-electron chi connectivity index (χ3n) is 2.84. The molecule has 1 aliphatic heterocycles. The van der Waals surface area contributed by atoms with Gasteiger partial charge in [-0.1, -0.05) is 0 Å². The monoisotopic (exact) mass is 276 g/mol. The highest BCUT2D eigenvalue weighted by molar-refractivity contribution is 7.76. The molecular formula is C11H12F2NO3S-. The molecule has 0 amide bonds. The molecule has 7 heteroatoms. The van der Waals surface area contributed by atoms with Gasteiger partial charge in [-0.3, -0.25) is 4.21 Å². The van der Waals surface area contributed by atoms with Gasteiger partial charge in [-0.25, -0.2) is 13.1 Å². The molecule has 2 atom stereocenters. The van der Waals surface area contributed by atoms with Gasteiger partial charge in [0.1, 0.15) is 12.4 Å². The number of ether oxygens (including phenoxy) is 1. The minimum absolute atomic E-state index is 0.0660. The highest BCUT2D eigenvalue weighted by Gasteiger charge is 2.26. The van der Waals surface area contributed by atoms with Gasteiger partial charge in [0.2, 0.25) is 0 Å². The highest BCUT2D eigenvalue weighted by Crippen LogP contribution is 2.22. The molecule has 1 aliphatic rings. The molecule has 0 aromatic heterocycles. The summed E-state index contributed by atoms with van der Waals surface area (Å²) >= 11 is -2.29. The Bertz CT molecular complexity index is 458. The van der Waals surface area contributed by atoms with E-state index in [1.54, 1.807) is 0 Å². The molecule has 18 heavy (non-hydrogen) atoms. The van der Waals surface area contributed by atoms with E-state index in [1.165, 1.54) is 10.4 Å². The molecule has 0 aliphatic carbocycles. The van der Waals surface area contributed by atoms with Gasteiger partial charge in [-0.2, -0.15) is 0 Å². The van der Waals surface area contributed by atoms with Crippen LogP contribution in [-0.4, -0.2) is 32.3 Å². The molecule has 1 heterocycles. The number of hydrogen-bond donors (Lipinski definition) is 0. The van der Waals surface area contributed by atoms with Crippen molar-refractivity contribution in [3.63, 3.8) is 0 Å². The Morgan fingerprint density at radius 1 is 1.50 bits per heavy atom. The van der Waals surface area contributed by atoms with Crippen molar-refractivity contribution in [1.82, 2.24) is 4.31 Å². The molecule has 0 spiro atoms. The standard InChI is InChI=1S/C11H13F2NO3S/c12-8-3-4-11(10(13)6-8)17-7-9-2-1-5-14(9)18(15)16/h3-4,6,9H,1-2,5,7H2,(H,15,16)/p-1/t9-/m0/s1. The maximum atomic E-state index is 13.3. The first-order valence-corrected chi connectivity index (χ1v) is 6.55. The van der Waals surface area contributed by atoms with Crippen molar-refractivity contribution in [1.29, 1.82) is 0 Å². The van der Waals surface area contributed by atoms with Crippen LogP contribution in [0.5, 0.6) is 5.75 Å². The van der Waals surface area contributed by atoms with Crippen LogP contribution in [0.1, 0.15) is 12.8 Å². The van der Waals surface area contributed by atoms with E-state index >= 15 is 0 Å². The van der Waals surface area contributed by atoms with E-state index in [2.05, 4.69) is 0 Å². The number of nitrogens with zero attached hydrogens (tertiary/aromatic N) is 1. The van der Waals surface area contributed by atoms with Crippen LogP contribution in [-0.2, 0) is 11.3 Å². The van der Waals surface area contributed by atoms with E-state index in [1.807, 2.05) is 0 Å². The predicted octanol–water partition coefficient (Wildman–Crippen LogP) is 1.60. The lowest BCUT2D eigenvalue weighted by Gasteiger charge is -2.25. The first-order valence-electron chi connectivity index (χ1n) is 5.52. The highest BCUT2D eigenvalue weighted by atomic mass is 32.2. The summed E-state index contributed by atoms with van der Waals surface area (Å²) in [4.78, 5) is 0. The quantitative estimate of drug-likeness (QED) is 0.785. The van der Waals surface area contributed by atoms with Crippen LogP contribution < -0.4 is 4.74 Å². The average molecular weight is 276 g/mol. The Balaban J connectivity index is 1.97. The normalized spacial score (nSPS) is 22.1. The number of hydrogen-bond acceptors (Lipinski definition) is 3. The SMILES string of the molecule is O=S([O-])N1CCC[C@H]1COc1ccc(F)cc1F. The molecule has 0 N–H and O–H groups in total. The zero-order chi connectivity index (χ0) is 13.1. The van der Waals surface area contributed by atoms with Crippen molar-refractivity contribution in [2.75, 3.05) is 13.2 Å². The van der Waals surface area contributed by atoms with Crippen molar-refractivity contribution in [2.45, 2.75) is 18.9 Å². The second-order valence-electron chi connectivity index (χ2n) is 4.04. The smallest absolute Gasteiger partial charge is 0.167 e. The predicted molar refractivity (Wildman–Crippen MR) is 60.5 cm³/mol. The molecule has 1 aromatic carbocycles. The van der Waals surface area contributed by atoms with Crippen molar-refractivity contribution >= 4 is 11.3 Å². The molecule has 0 radical (unpaired) electrons. The lowest BCUT2D eigenvalue weighted by Crippen LogP contribution is -2.35. The number of benzene rings is 1. The molecule has 2 rings (SSSR count). The van der Waals surface area contributed by atoms with E-state index in [-0.39, 0.29) is 18.4 Å². The molecule has 4 nitrogen and oxygen atoms in total. The third kappa shape index (κ3) is 3.04. The van der Waals surface area contributed by atoms with Crippen molar-refractivity contribution in [3.05, 3.63) is 29.8 Å². The largest absolute Gasteiger partial charge is 0.760 e. The maximum Gasteiger partial charge on any atom is 0.167 e. The van der Waals surface area contributed by atoms with Gasteiger partial charge >= 0.3 is 0 Å². The Labute approximate surface area is 106 Å². The summed E-state index contributed by atoms with van der Waals surface area (Å²) in [5.41, 5.74) is 0. The van der Waals surface area contributed by atoms with Crippen LogP contribution in [0.25, 0.3) is 0 Å². The van der Waals surface area contributed by atoms with Crippen molar-refractivity contribution < 1.29 is 22.3 Å². The Hall–Kier alpha value is -1.05. The Morgan fingerprint density at radius 3 is 2.94 bits per heavy atom. The molecule has 100 valence electrons. The molecule has 0 bridgehead atoms. The van der Waals surface area contributed by atoms with E-state index in [0.29, 0.717) is 13.0 Å². The zero-order valence-corrected chi connectivity index (χ0v) is 10.3. The van der Waals surface area contributed by atoms with Gasteiger partial charge < -0.3 is 9.29 Å². The van der Waals surface area contributed by atoms with Crippen LogP contribution in [0.2, 0.25) is 0 Å². The molecule has 1 saturated heterocycles. The van der Waals surface area contributed by atoms with Crippen LogP contribution in [0, 0.1) is 11.6 Å². The van der Waals surface area contributed by atoms with Crippen LogP contribution in [0.3, 0.4) is 0 Å². The van der Waals surface area contributed by atoms with Gasteiger partial charge in [-0.05, 0) is 25.0 Å². The molecule has 0 saturated carbocycles. The van der Waals surface area contributed by atoms with Crippen molar-refractivity contribution in [3.8, 4) is 5.75 Å². The van der Waals surface area contributed by atoms with Crippen molar-refractivity contribution in [2.24, 2.45) is 0 Å². The van der Waals surface area contributed by atoms with Gasteiger partial charge in [0.15, 0.2) is 11.6 Å². The summed E-state index contributed by atoms with van der Waals surface area (Å²) in [6, 6.07) is 2.73. The summed E-state index contributed by atoms with van der Waals surface area (Å²) in [6.07, 6.45) is 1.44. The first-order chi connectivity index (χ1) is 8.58. The summed E-state index contributed by atoms with van der Waals surface area (Å²) in [5, 5.41) is 0. The van der Waals surface area contributed by atoms with Crippen LogP contribution >= 0.6 is 0 Å². The van der Waals surface area contributed by atoms with Crippen LogP contribution in [0.15, 0.2) is 18.2 Å². The van der Waals surface area contributed by atoms with E-state index in [9.17, 15) is 17.5 Å². The summed E-state index contributed by atoms with van der Waals surface area (Å²) in [5.74, 6) is -1.54. The number of rotatable bonds is 4. The first kappa shape index (κ1) is 13.4. The zero-order valence-electron chi connectivity index (χ0n) is 9.47. The van der Waals surface area contributed by atoms with E-state index < -0.39 is 22.9 Å². The molecular weight excluding hydrogens is 264 g/mol. The lowest BCUT2D eigenvalue weighted by molar-refractivity contribution is 0.222. The fourth-order valence-corrected chi connectivity index (χ4v) is 2.64. The second-order valence-corrected chi connectivity index (χ2v) is 4.94. The summed E-state index contributed by atoms with van der Waals surface area (Å²) in [7, 11) is 0. The van der Waals surface area contributed by atoms with E-state index in [0.717, 1.165) is 18.6 Å². The third-order valence-corrected chi connectivity index (χ3v) is 3.70. The fourth-order valence-electron chi connectivity index (χ4n) is 1.95. The molecule has 1 unspecified atom stereocenters. The van der Waals surface area contributed by atoms with Gasteiger partial charge in [0, 0.05) is 23.9 Å². The summed E-state index contributed by atoms with van der Waals surface area (Å²) in [6.45, 7) is 0.520. The molecule has 1 aromatic rings. The maximum absolute atomic E-state index is 13.3. The molecule has 1 fully saturated rings. The minimum atomic E-state index is -2.29. The fraction of sp³-hybridized carbons (Fsp3) is 0.455. The topological polar surface area (TPSA) is 52.6 Å².